The van der Waals surface area contributed by atoms with Gasteiger partial charge in [-0.3, -0.25) is 0 Å². The zero-order chi connectivity index (χ0) is 36.3. The van der Waals surface area contributed by atoms with Crippen LogP contribution in [0.1, 0.15) is 95.6 Å². The fourth-order valence-corrected chi connectivity index (χ4v) is 4.45. The van der Waals surface area contributed by atoms with Crippen molar-refractivity contribution in [3.8, 4) is 11.1 Å². The summed E-state index contributed by atoms with van der Waals surface area (Å²) in [5.74, 6) is -34.1. The zero-order valence-electron chi connectivity index (χ0n) is 25.2. The van der Waals surface area contributed by atoms with E-state index in [0.717, 1.165) is 0 Å². The quantitative estimate of drug-likeness (QED) is 0.0839. The standard InChI is InChI=1S/C15F16.C15H33N/c16-5-2(6(17)10(21)12(23)9(5)20)1-3(13(24,25)15(29,30)31)7(18)11(22)8(19)4(1)14(26,27)28;1-3-5-7-9-10-11-13-15-16-14-12-8-6-4-2/h;16H,3-15H2,1-2H3. The third-order valence-electron chi connectivity index (χ3n) is 6.90. The van der Waals surface area contributed by atoms with Crippen LogP contribution in [0.3, 0.4) is 0 Å². The first-order chi connectivity index (χ1) is 21.7. The molecule has 1 nitrogen and oxygen atoms in total. The van der Waals surface area contributed by atoms with Crippen molar-refractivity contribution in [3.05, 3.63) is 57.7 Å². The van der Waals surface area contributed by atoms with Crippen molar-refractivity contribution in [1.29, 1.82) is 0 Å². The molecule has 0 fully saturated rings. The van der Waals surface area contributed by atoms with E-state index >= 15 is 0 Å². The van der Waals surface area contributed by atoms with Gasteiger partial charge in [0.25, 0.3) is 0 Å². The average molecular weight is 712 g/mol. The zero-order valence-corrected chi connectivity index (χ0v) is 25.2. The number of benzene rings is 2. The van der Waals surface area contributed by atoms with E-state index in [2.05, 4.69) is 19.2 Å². The molecule has 0 amide bonds. The van der Waals surface area contributed by atoms with Crippen LogP contribution in [0.5, 0.6) is 0 Å². The van der Waals surface area contributed by atoms with Gasteiger partial charge >= 0.3 is 18.3 Å². The molecule has 0 aromatic heterocycles. The van der Waals surface area contributed by atoms with E-state index < -0.39 is 87.1 Å². The van der Waals surface area contributed by atoms with Crippen LogP contribution in [0.25, 0.3) is 11.1 Å². The molecule has 270 valence electrons. The minimum atomic E-state index is -7.10. The molecule has 17 heteroatoms. The van der Waals surface area contributed by atoms with Gasteiger partial charge in [-0.05, 0) is 25.9 Å². The van der Waals surface area contributed by atoms with Gasteiger partial charge in [0.05, 0.1) is 11.1 Å². The van der Waals surface area contributed by atoms with Gasteiger partial charge in [0, 0.05) is 5.56 Å². The number of halogens is 16. The number of hydrogen-bond donors (Lipinski definition) is 1. The first-order valence-electron chi connectivity index (χ1n) is 14.6. The lowest BCUT2D eigenvalue weighted by molar-refractivity contribution is -0.290. The second kappa shape index (κ2) is 18.2. The van der Waals surface area contributed by atoms with E-state index in [0.29, 0.717) is 0 Å². The molecule has 2 aromatic rings. The van der Waals surface area contributed by atoms with Gasteiger partial charge < -0.3 is 5.32 Å². The van der Waals surface area contributed by atoms with Crippen molar-refractivity contribution in [2.75, 3.05) is 13.1 Å². The first kappa shape index (κ1) is 42.3. The molecule has 0 aliphatic heterocycles. The van der Waals surface area contributed by atoms with Crippen LogP contribution in [0.15, 0.2) is 0 Å². The summed E-state index contributed by atoms with van der Waals surface area (Å²) in [6.07, 6.45) is 1.75. The molecule has 0 spiro atoms. The highest BCUT2D eigenvalue weighted by Crippen LogP contribution is 2.53. The highest BCUT2D eigenvalue weighted by Gasteiger charge is 2.63. The highest BCUT2D eigenvalue weighted by molar-refractivity contribution is 5.75. The summed E-state index contributed by atoms with van der Waals surface area (Å²) in [5, 5.41) is 3.55. The molecule has 2 aromatic carbocycles. The van der Waals surface area contributed by atoms with Crippen molar-refractivity contribution in [3.63, 3.8) is 0 Å². The third-order valence-corrected chi connectivity index (χ3v) is 6.90. The Morgan fingerprint density at radius 3 is 1.15 bits per heavy atom. The molecule has 0 unspecified atom stereocenters. The molecule has 0 radical (unpaired) electrons. The Balaban J connectivity index is 0.000000584. The van der Waals surface area contributed by atoms with Crippen LogP contribution < -0.4 is 5.32 Å². The maximum atomic E-state index is 13.9. The monoisotopic (exact) mass is 711 g/mol. The Morgan fingerprint density at radius 1 is 0.404 bits per heavy atom. The smallest absolute Gasteiger partial charge is 0.317 e. The number of unbranched alkanes of at least 4 members (excludes halogenated alkanes) is 9. The summed E-state index contributed by atoms with van der Waals surface area (Å²) >= 11 is 0. The second-order valence-electron chi connectivity index (χ2n) is 10.5. The van der Waals surface area contributed by atoms with Crippen molar-refractivity contribution in [1.82, 2.24) is 5.32 Å². The van der Waals surface area contributed by atoms with E-state index in [9.17, 15) is 70.2 Å². The van der Waals surface area contributed by atoms with E-state index in [1.54, 1.807) is 0 Å². The van der Waals surface area contributed by atoms with E-state index in [1.165, 1.54) is 83.7 Å². The van der Waals surface area contributed by atoms with Gasteiger partial charge in [0.1, 0.15) is 5.56 Å². The largest absolute Gasteiger partial charge is 0.458 e. The predicted octanol–water partition coefficient (Wildman–Crippen LogP) is 12.0. The maximum Gasteiger partial charge on any atom is 0.458 e. The van der Waals surface area contributed by atoms with Crippen molar-refractivity contribution in [2.45, 2.75) is 103 Å². The van der Waals surface area contributed by atoms with E-state index in [1.807, 2.05) is 0 Å². The molecule has 47 heavy (non-hydrogen) atoms. The summed E-state index contributed by atoms with van der Waals surface area (Å²) in [7, 11) is 0. The summed E-state index contributed by atoms with van der Waals surface area (Å²) in [6, 6.07) is 0. The summed E-state index contributed by atoms with van der Waals surface area (Å²) < 4.78 is 214. The fourth-order valence-electron chi connectivity index (χ4n) is 4.45. The second-order valence-corrected chi connectivity index (χ2v) is 10.5. The molecule has 0 saturated heterocycles. The number of rotatable bonds is 15. The van der Waals surface area contributed by atoms with Crippen LogP contribution in [0.2, 0.25) is 0 Å². The van der Waals surface area contributed by atoms with Crippen molar-refractivity contribution in [2.24, 2.45) is 0 Å². The minimum Gasteiger partial charge on any atom is -0.317 e. The molecule has 0 bridgehead atoms. The van der Waals surface area contributed by atoms with Gasteiger partial charge in [-0.25, -0.2) is 35.1 Å². The van der Waals surface area contributed by atoms with Crippen LogP contribution in [-0.4, -0.2) is 19.3 Å². The fraction of sp³-hybridized carbons (Fsp3) is 0.600. The molecule has 2 rings (SSSR count). The Kier molecular flexibility index (Phi) is 16.3. The molecule has 0 heterocycles. The Labute approximate surface area is 260 Å². The lowest BCUT2D eigenvalue weighted by atomic mass is 9.88. The molecule has 0 aliphatic carbocycles. The molecular weight excluding hydrogens is 678 g/mol. The topological polar surface area (TPSA) is 12.0 Å². The summed E-state index contributed by atoms with van der Waals surface area (Å²) in [6.45, 7) is 7.02. The number of hydrogen-bond acceptors (Lipinski definition) is 1. The lowest BCUT2D eigenvalue weighted by Crippen LogP contribution is -2.36. The molecular formula is C30H33F16N. The Bertz CT molecular complexity index is 1260. The minimum absolute atomic E-state index is 1.23. The van der Waals surface area contributed by atoms with Crippen molar-refractivity contribution >= 4 is 0 Å². The molecule has 0 aliphatic rings. The van der Waals surface area contributed by atoms with Gasteiger partial charge in [0.15, 0.2) is 40.7 Å². The summed E-state index contributed by atoms with van der Waals surface area (Å²) in [4.78, 5) is 0. The number of nitrogens with one attached hydrogen (secondary N) is 1. The third kappa shape index (κ3) is 10.6. The van der Waals surface area contributed by atoms with Crippen LogP contribution in [0, 0.1) is 46.5 Å². The van der Waals surface area contributed by atoms with Crippen LogP contribution >= 0.6 is 0 Å². The average Bonchev–Trinajstić information content (AvgIpc) is 2.97. The van der Waals surface area contributed by atoms with Gasteiger partial charge in [-0.1, -0.05) is 71.6 Å². The Hall–Kier alpha value is -2.72. The normalized spacial score (nSPS) is 12.4. The molecule has 1 N–H and O–H groups in total. The van der Waals surface area contributed by atoms with E-state index in [-0.39, 0.29) is 0 Å². The van der Waals surface area contributed by atoms with Gasteiger partial charge in [-0.2, -0.15) is 35.1 Å². The van der Waals surface area contributed by atoms with Crippen LogP contribution in [-0.2, 0) is 12.1 Å². The lowest BCUT2D eigenvalue weighted by Gasteiger charge is -2.26. The SMILES string of the molecule is CCCCCCCCCNCCCCCC.Fc1c(F)c(F)c(-c2c(C(F)(F)F)c(F)c(F)c(F)c2C(F)(F)C(F)(F)F)c(F)c1F. The van der Waals surface area contributed by atoms with Crippen molar-refractivity contribution < 1.29 is 70.2 Å². The molecule has 0 atom stereocenters. The van der Waals surface area contributed by atoms with Gasteiger partial charge in [-0.15, -0.1) is 0 Å². The first-order valence-corrected chi connectivity index (χ1v) is 14.6. The van der Waals surface area contributed by atoms with E-state index in [4.69, 9.17) is 0 Å². The maximum absolute atomic E-state index is 13.9. The predicted molar refractivity (Wildman–Crippen MR) is 141 cm³/mol. The highest BCUT2D eigenvalue weighted by atomic mass is 19.4. The summed E-state index contributed by atoms with van der Waals surface area (Å²) in [5.41, 5.74) is -14.2. The van der Waals surface area contributed by atoms with Gasteiger partial charge in [0.2, 0.25) is 5.82 Å². The number of alkyl halides is 8. The van der Waals surface area contributed by atoms with Crippen LogP contribution in [0.4, 0.5) is 70.2 Å². The Morgan fingerprint density at radius 2 is 0.745 bits per heavy atom. The molecule has 0 saturated carbocycles.